The number of carbonyl (C=O) groups excluding carboxylic acids is 1. The highest BCUT2D eigenvalue weighted by atomic mass is 32.2. The minimum atomic E-state index is -0.875. The van der Waals surface area contributed by atoms with Crippen LogP contribution in [0.2, 0.25) is 0 Å². The van der Waals surface area contributed by atoms with E-state index in [9.17, 15) is 4.79 Å². The Kier molecular flexibility index (Phi) is 4.89. The third-order valence-electron chi connectivity index (χ3n) is 5.58. The fourth-order valence-corrected chi connectivity index (χ4v) is 5.30. The average molecular weight is 381 g/mol. The zero-order valence-electron chi connectivity index (χ0n) is 15.7. The van der Waals surface area contributed by atoms with Crippen LogP contribution >= 0.6 is 11.8 Å². The van der Waals surface area contributed by atoms with Crippen molar-refractivity contribution in [3.05, 3.63) is 0 Å². The molecule has 6 nitrogen and oxygen atoms in total. The monoisotopic (exact) mass is 381 g/mol. The summed E-state index contributed by atoms with van der Waals surface area (Å²) in [6, 6.07) is 0.0579. The summed E-state index contributed by atoms with van der Waals surface area (Å²) in [6.07, 6.45) is 2.80. The second kappa shape index (κ2) is 6.90. The molecule has 144 valence electrons. The Hall–Kier alpha value is -0.940. The molecule has 0 radical (unpaired) electrons. The summed E-state index contributed by atoms with van der Waals surface area (Å²) < 4.78 is 23.1. The molecule has 4 heterocycles. The molecule has 0 aliphatic carbocycles. The van der Waals surface area contributed by atoms with Crippen LogP contribution in [0.15, 0.2) is 0 Å². The van der Waals surface area contributed by atoms with Crippen LogP contribution in [-0.4, -0.2) is 59.1 Å². The topological polar surface area (TPSA) is 57.2 Å². The van der Waals surface area contributed by atoms with E-state index >= 15 is 0 Å². The Morgan fingerprint density at radius 3 is 3.04 bits per heavy atom. The molecule has 0 saturated carbocycles. The highest BCUT2D eigenvalue weighted by molar-refractivity contribution is 8.00. The van der Waals surface area contributed by atoms with Gasteiger partial charge in [-0.3, -0.25) is 4.90 Å². The van der Waals surface area contributed by atoms with Crippen molar-refractivity contribution in [2.75, 3.05) is 19.0 Å². The van der Waals surface area contributed by atoms with E-state index < -0.39 is 5.97 Å². The lowest BCUT2D eigenvalue weighted by Gasteiger charge is -2.46. The maximum atomic E-state index is 12.1. The average Bonchev–Trinajstić information content (AvgIpc) is 3.10. The molecule has 4 unspecified atom stereocenters. The minimum absolute atomic E-state index is 0.0579. The maximum Gasteiger partial charge on any atom is 0.412 e. The van der Waals surface area contributed by atoms with Crippen LogP contribution in [0.25, 0.3) is 0 Å². The number of hydrogen-bond acceptors (Lipinski definition) is 6. The van der Waals surface area contributed by atoms with Crippen LogP contribution < -0.4 is 0 Å². The second-order valence-corrected chi connectivity index (χ2v) is 9.56. The molecule has 4 aliphatic rings. The van der Waals surface area contributed by atoms with Crippen molar-refractivity contribution in [2.45, 2.75) is 75.5 Å². The van der Waals surface area contributed by atoms with Crippen LogP contribution in [0, 0.1) is 17.8 Å². The largest absolute Gasteiger partial charge is 0.431 e. The first kappa shape index (κ1) is 18.4. The summed E-state index contributed by atoms with van der Waals surface area (Å²) >= 11 is 1.78. The number of carbonyl (C=O) groups is 1. The third-order valence-corrected chi connectivity index (χ3v) is 6.99. The number of unbranched alkanes of at least 4 members (excludes halogenated alkanes) is 1. The van der Waals surface area contributed by atoms with Crippen LogP contribution in [0.3, 0.4) is 0 Å². The van der Waals surface area contributed by atoms with Gasteiger partial charge < -0.3 is 18.9 Å². The van der Waals surface area contributed by atoms with Crippen molar-refractivity contribution >= 4 is 17.9 Å². The molecule has 2 bridgehead atoms. The van der Waals surface area contributed by atoms with Gasteiger partial charge in [-0.05, 0) is 26.7 Å². The van der Waals surface area contributed by atoms with Gasteiger partial charge >= 0.3 is 6.09 Å². The number of amides is 1. The van der Waals surface area contributed by atoms with E-state index in [1.807, 2.05) is 4.90 Å². The van der Waals surface area contributed by atoms with E-state index in [2.05, 4.69) is 32.6 Å². The van der Waals surface area contributed by atoms with Crippen molar-refractivity contribution < 1.29 is 23.7 Å². The minimum Gasteiger partial charge on any atom is -0.431 e. The van der Waals surface area contributed by atoms with Gasteiger partial charge in [0.1, 0.15) is 0 Å². The molecule has 0 aromatic heterocycles. The van der Waals surface area contributed by atoms with Crippen LogP contribution in [0.5, 0.6) is 0 Å². The molecular formula is C19H27NO5S. The van der Waals surface area contributed by atoms with Gasteiger partial charge in [0.25, 0.3) is 5.97 Å². The van der Waals surface area contributed by atoms with E-state index in [0.717, 1.165) is 18.6 Å². The molecule has 4 aliphatic heterocycles. The second-order valence-electron chi connectivity index (χ2n) is 7.94. The van der Waals surface area contributed by atoms with Crippen molar-refractivity contribution in [1.82, 2.24) is 4.90 Å². The number of hydrogen-bond donors (Lipinski definition) is 0. The van der Waals surface area contributed by atoms with Gasteiger partial charge in [0.15, 0.2) is 6.10 Å². The number of fused-ring (bicyclic) bond motifs is 3. The third kappa shape index (κ3) is 3.33. The molecular weight excluding hydrogens is 354 g/mol. The normalized spacial score (nSPS) is 40.6. The predicted molar refractivity (Wildman–Crippen MR) is 97.3 cm³/mol. The standard InChI is InChI=1S/C19H27NO5S/c1-13-11-23-19(22-10-8-15(13)25-19)9-6-4-5-7-16-14-12-26-18(2,3)20(14)17(21)24-16/h13-16H,4,6,8-12H2,1-3H3/t13?,14?,15?,16-,19?/m1/s1. The Morgan fingerprint density at radius 2 is 2.19 bits per heavy atom. The summed E-state index contributed by atoms with van der Waals surface area (Å²) in [4.78, 5) is 13.7. The van der Waals surface area contributed by atoms with E-state index in [1.54, 1.807) is 11.8 Å². The molecule has 0 aromatic rings. The molecule has 0 spiro atoms. The lowest BCUT2D eigenvalue weighted by molar-refractivity contribution is -0.449. The van der Waals surface area contributed by atoms with Gasteiger partial charge in [-0.2, -0.15) is 0 Å². The number of thioether (sulfide) groups is 1. The van der Waals surface area contributed by atoms with Crippen LogP contribution in [0.1, 0.15) is 46.5 Å². The van der Waals surface area contributed by atoms with Crippen molar-refractivity contribution in [3.63, 3.8) is 0 Å². The Bertz CT molecular complexity index is 629. The smallest absolute Gasteiger partial charge is 0.412 e. The molecule has 1 amide bonds. The van der Waals surface area contributed by atoms with Crippen LogP contribution in [0.4, 0.5) is 4.79 Å². The first-order valence-corrected chi connectivity index (χ1v) is 10.5. The van der Waals surface area contributed by atoms with Gasteiger partial charge in [0.2, 0.25) is 0 Å². The fraction of sp³-hybridized carbons (Fsp3) is 0.842. The lowest BCUT2D eigenvalue weighted by atomic mass is 10.00. The fourth-order valence-electron chi connectivity index (χ4n) is 4.05. The molecule has 0 aromatic carbocycles. The van der Waals surface area contributed by atoms with E-state index in [0.29, 0.717) is 32.0 Å². The number of cyclic esters (lactones) is 1. The summed E-state index contributed by atoms with van der Waals surface area (Å²) in [6.45, 7) is 7.62. The predicted octanol–water partition coefficient (Wildman–Crippen LogP) is 2.96. The maximum absolute atomic E-state index is 12.1. The van der Waals surface area contributed by atoms with Gasteiger partial charge in [-0.15, -0.1) is 11.8 Å². The zero-order chi connectivity index (χ0) is 18.4. The van der Waals surface area contributed by atoms with Gasteiger partial charge in [0, 0.05) is 24.5 Å². The van der Waals surface area contributed by atoms with E-state index in [1.165, 1.54) is 0 Å². The van der Waals surface area contributed by atoms with Crippen molar-refractivity contribution in [3.8, 4) is 11.8 Å². The summed E-state index contributed by atoms with van der Waals surface area (Å²) in [5.74, 6) is 6.74. The first-order valence-electron chi connectivity index (χ1n) is 9.48. The highest BCUT2D eigenvalue weighted by Gasteiger charge is 2.53. The van der Waals surface area contributed by atoms with E-state index in [-0.39, 0.29) is 29.2 Å². The van der Waals surface area contributed by atoms with Gasteiger partial charge in [-0.1, -0.05) is 18.8 Å². The molecule has 26 heavy (non-hydrogen) atoms. The van der Waals surface area contributed by atoms with E-state index in [4.69, 9.17) is 18.9 Å². The zero-order valence-corrected chi connectivity index (χ0v) is 16.5. The Morgan fingerprint density at radius 1 is 1.35 bits per heavy atom. The molecule has 0 N–H and O–H groups in total. The van der Waals surface area contributed by atoms with Gasteiger partial charge in [0.05, 0.1) is 30.2 Å². The quantitative estimate of drug-likeness (QED) is 0.553. The highest BCUT2D eigenvalue weighted by Crippen LogP contribution is 2.44. The van der Waals surface area contributed by atoms with Crippen molar-refractivity contribution in [1.29, 1.82) is 0 Å². The SMILES string of the molecule is CC1COC2(CCCC#C[C@H]3OC(=O)N4C3CSC4(C)C)OCCC1O2. The lowest BCUT2D eigenvalue weighted by Crippen LogP contribution is -2.54. The Labute approximate surface area is 159 Å². The van der Waals surface area contributed by atoms with Gasteiger partial charge in [-0.25, -0.2) is 4.79 Å². The molecule has 7 heteroatoms. The molecule has 5 atom stereocenters. The Balaban J connectivity index is 1.28. The van der Waals surface area contributed by atoms with Crippen molar-refractivity contribution in [2.24, 2.45) is 5.92 Å². The summed E-state index contributed by atoms with van der Waals surface area (Å²) in [7, 11) is 0. The number of rotatable bonds is 3. The number of nitrogens with zero attached hydrogens (tertiary/aromatic N) is 1. The molecule has 4 rings (SSSR count). The molecule has 4 fully saturated rings. The number of ether oxygens (including phenoxy) is 4. The first-order chi connectivity index (χ1) is 12.4. The molecule has 4 saturated heterocycles. The summed E-state index contributed by atoms with van der Waals surface area (Å²) in [5.41, 5.74) is 0. The summed E-state index contributed by atoms with van der Waals surface area (Å²) in [5, 5.41) is 0. The van der Waals surface area contributed by atoms with Crippen LogP contribution in [-0.2, 0) is 18.9 Å².